The zero-order valence-electron chi connectivity index (χ0n) is 15.7. The number of nitrogens with one attached hydrogen (secondary N) is 1. The molecular weight excluding hydrogens is 390 g/mol. The SMILES string of the molecule is CCOC(=O)C(CCCCn1cnc2c(Cl)ncnc21)(NC=O)C(=O)OCC. The molecular formula is C17H22ClN5O5. The number of aryl methyl sites for hydroxylation is 1. The molecule has 0 aromatic carbocycles. The van der Waals surface area contributed by atoms with Crippen LogP contribution in [-0.2, 0) is 30.4 Å². The molecule has 0 saturated carbocycles. The summed E-state index contributed by atoms with van der Waals surface area (Å²) in [7, 11) is 0. The van der Waals surface area contributed by atoms with Gasteiger partial charge in [0, 0.05) is 6.54 Å². The summed E-state index contributed by atoms with van der Waals surface area (Å²) in [4.78, 5) is 48.1. The Morgan fingerprint density at radius 3 is 2.46 bits per heavy atom. The van der Waals surface area contributed by atoms with E-state index in [1.54, 1.807) is 24.7 Å². The molecule has 0 aliphatic rings. The summed E-state index contributed by atoms with van der Waals surface area (Å²) in [6.45, 7) is 3.90. The van der Waals surface area contributed by atoms with E-state index in [1.807, 2.05) is 0 Å². The number of aromatic nitrogens is 4. The maximum Gasteiger partial charge on any atom is 0.343 e. The highest BCUT2D eigenvalue weighted by atomic mass is 35.5. The van der Waals surface area contributed by atoms with Gasteiger partial charge in [0.05, 0.1) is 19.5 Å². The highest BCUT2D eigenvalue weighted by Gasteiger charge is 2.48. The first kappa shape index (κ1) is 21.5. The Bertz CT molecular complexity index is 822. The second kappa shape index (κ2) is 9.98. The van der Waals surface area contributed by atoms with Crippen LogP contribution in [0, 0.1) is 0 Å². The molecule has 0 aliphatic heterocycles. The van der Waals surface area contributed by atoms with Crippen molar-refractivity contribution in [1.82, 2.24) is 24.8 Å². The minimum atomic E-state index is -1.86. The van der Waals surface area contributed by atoms with Crippen LogP contribution in [0.25, 0.3) is 11.2 Å². The number of nitrogens with zero attached hydrogens (tertiary/aromatic N) is 4. The van der Waals surface area contributed by atoms with Crippen LogP contribution in [0.1, 0.15) is 33.1 Å². The molecule has 1 N–H and O–H groups in total. The number of esters is 2. The molecule has 2 aromatic rings. The summed E-state index contributed by atoms with van der Waals surface area (Å²) in [5.74, 6) is -1.68. The number of ether oxygens (including phenoxy) is 2. The lowest BCUT2D eigenvalue weighted by molar-refractivity contribution is -0.167. The van der Waals surface area contributed by atoms with Crippen molar-refractivity contribution in [3.63, 3.8) is 0 Å². The predicted molar refractivity (Wildman–Crippen MR) is 99.4 cm³/mol. The van der Waals surface area contributed by atoms with Gasteiger partial charge in [0.15, 0.2) is 10.8 Å². The topological polar surface area (TPSA) is 125 Å². The van der Waals surface area contributed by atoms with Crippen molar-refractivity contribution >= 4 is 41.1 Å². The lowest BCUT2D eigenvalue weighted by Crippen LogP contribution is -2.59. The number of unbranched alkanes of at least 4 members (excludes halogenated alkanes) is 1. The molecule has 0 spiro atoms. The van der Waals surface area contributed by atoms with Crippen LogP contribution < -0.4 is 5.32 Å². The van der Waals surface area contributed by atoms with Crippen molar-refractivity contribution < 1.29 is 23.9 Å². The summed E-state index contributed by atoms with van der Waals surface area (Å²) < 4.78 is 11.8. The van der Waals surface area contributed by atoms with Gasteiger partial charge in [-0.25, -0.2) is 24.5 Å². The van der Waals surface area contributed by atoms with E-state index < -0.39 is 17.5 Å². The Morgan fingerprint density at radius 2 is 1.86 bits per heavy atom. The molecule has 2 aromatic heterocycles. The monoisotopic (exact) mass is 411 g/mol. The Morgan fingerprint density at radius 1 is 1.18 bits per heavy atom. The second-order valence-corrected chi connectivity index (χ2v) is 6.20. The Kier molecular flexibility index (Phi) is 7.68. The maximum atomic E-state index is 12.4. The number of halogens is 1. The van der Waals surface area contributed by atoms with Crippen LogP contribution in [0.2, 0.25) is 5.15 Å². The van der Waals surface area contributed by atoms with Crippen molar-refractivity contribution in [2.45, 2.75) is 45.2 Å². The van der Waals surface area contributed by atoms with Crippen molar-refractivity contribution in [2.75, 3.05) is 13.2 Å². The maximum absolute atomic E-state index is 12.4. The zero-order chi connectivity index (χ0) is 20.6. The van der Waals surface area contributed by atoms with E-state index in [1.165, 1.54) is 6.33 Å². The molecule has 152 valence electrons. The Hall–Kier alpha value is -2.75. The van der Waals surface area contributed by atoms with E-state index in [9.17, 15) is 14.4 Å². The van der Waals surface area contributed by atoms with Gasteiger partial charge in [0.2, 0.25) is 11.9 Å². The summed E-state index contributed by atoms with van der Waals surface area (Å²) in [6, 6.07) is 0. The van der Waals surface area contributed by atoms with E-state index in [0.29, 0.717) is 37.0 Å². The molecule has 0 aliphatic carbocycles. The molecule has 0 atom stereocenters. The average Bonchev–Trinajstić information content (AvgIpc) is 3.09. The number of carbonyl (C=O) groups excluding carboxylic acids is 3. The third-order valence-corrected chi connectivity index (χ3v) is 4.39. The van der Waals surface area contributed by atoms with Crippen LogP contribution >= 0.6 is 11.6 Å². The average molecular weight is 412 g/mol. The number of fused-ring (bicyclic) bond motifs is 1. The summed E-state index contributed by atoms with van der Waals surface area (Å²) in [5, 5.41) is 2.58. The number of hydrogen-bond donors (Lipinski definition) is 1. The largest absolute Gasteiger partial charge is 0.464 e. The first-order valence-electron chi connectivity index (χ1n) is 8.87. The van der Waals surface area contributed by atoms with Gasteiger partial charge in [0.1, 0.15) is 11.8 Å². The van der Waals surface area contributed by atoms with E-state index in [0.717, 1.165) is 0 Å². The fourth-order valence-corrected chi connectivity index (χ4v) is 2.95. The number of amides is 1. The summed E-state index contributed by atoms with van der Waals surface area (Å²) in [5.41, 5.74) is -0.775. The quantitative estimate of drug-likeness (QED) is 0.192. The summed E-state index contributed by atoms with van der Waals surface area (Å²) in [6.07, 6.45) is 4.29. The van der Waals surface area contributed by atoms with Crippen LogP contribution in [0.3, 0.4) is 0 Å². The van der Waals surface area contributed by atoms with Crippen molar-refractivity contribution in [3.8, 4) is 0 Å². The molecule has 10 nitrogen and oxygen atoms in total. The fraction of sp³-hybridized carbons (Fsp3) is 0.529. The van der Waals surface area contributed by atoms with Crippen LogP contribution in [0.15, 0.2) is 12.7 Å². The number of carbonyl (C=O) groups is 3. The van der Waals surface area contributed by atoms with Crippen LogP contribution in [0.4, 0.5) is 0 Å². The van der Waals surface area contributed by atoms with Gasteiger partial charge in [-0.15, -0.1) is 0 Å². The normalized spacial score (nSPS) is 11.2. The smallest absolute Gasteiger partial charge is 0.343 e. The fourth-order valence-electron chi connectivity index (χ4n) is 2.77. The van der Waals surface area contributed by atoms with E-state index in [4.69, 9.17) is 21.1 Å². The van der Waals surface area contributed by atoms with Gasteiger partial charge >= 0.3 is 11.9 Å². The standard InChI is InChI=1S/C17H22ClN5O5/c1-3-27-15(25)17(22-11-24,16(26)28-4-2)7-5-6-8-23-10-21-12-13(18)19-9-20-14(12)23/h9-11H,3-8H2,1-2H3,(H,22,24). The van der Waals surface area contributed by atoms with Gasteiger partial charge in [-0.05, 0) is 33.1 Å². The Balaban J connectivity index is 2.09. The molecule has 28 heavy (non-hydrogen) atoms. The van der Waals surface area contributed by atoms with Crippen molar-refractivity contribution in [3.05, 3.63) is 17.8 Å². The van der Waals surface area contributed by atoms with Gasteiger partial charge in [-0.3, -0.25) is 4.79 Å². The molecule has 2 rings (SSSR count). The van der Waals surface area contributed by atoms with E-state index in [-0.39, 0.29) is 24.8 Å². The number of rotatable bonds is 11. The summed E-state index contributed by atoms with van der Waals surface area (Å²) >= 11 is 5.98. The predicted octanol–water partition coefficient (Wildman–Crippen LogP) is 1.26. The van der Waals surface area contributed by atoms with Crippen molar-refractivity contribution in [1.29, 1.82) is 0 Å². The molecule has 0 fully saturated rings. The van der Waals surface area contributed by atoms with Gasteiger partial charge in [-0.2, -0.15) is 0 Å². The van der Waals surface area contributed by atoms with Crippen LogP contribution in [0.5, 0.6) is 0 Å². The molecule has 2 heterocycles. The lowest BCUT2D eigenvalue weighted by Gasteiger charge is -2.28. The molecule has 0 saturated heterocycles. The zero-order valence-corrected chi connectivity index (χ0v) is 16.4. The molecule has 1 amide bonds. The third-order valence-electron chi connectivity index (χ3n) is 4.11. The highest BCUT2D eigenvalue weighted by molar-refractivity contribution is 6.33. The number of hydrogen-bond acceptors (Lipinski definition) is 8. The minimum absolute atomic E-state index is 0.0335. The van der Waals surface area contributed by atoms with Crippen molar-refractivity contribution in [2.24, 2.45) is 0 Å². The van der Waals surface area contributed by atoms with Gasteiger partial charge < -0.3 is 19.4 Å². The molecule has 0 unspecified atom stereocenters. The van der Waals surface area contributed by atoms with Gasteiger partial charge in [0.25, 0.3) is 0 Å². The first-order chi connectivity index (χ1) is 13.5. The molecule has 0 radical (unpaired) electrons. The molecule has 11 heteroatoms. The number of imidazole rings is 1. The third kappa shape index (κ3) is 4.56. The Labute approximate surface area is 166 Å². The van der Waals surface area contributed by atoms with Crippen LogP contribution in [-0.4, -0.2) is 56.6 Å². The first-order valence-corrected chi connectivity index (χ1v) is 9.25. The minimum Gasteiger partial charge on any atom is -0.464 e. The highest BCUT2D eigenvalue weighted by Crippen LogP contribution is 2.21. The molecule has 0 bridgehead atoms. The second-order valence-electron chi connectivity index (χ2n) is 5.84. The van der Waals surface area contributed by atoms with Gasteiger partial charge in [-0.1, -0.05) is 11.6 Å². The van der Waals surface area contributed by atoms with E-state index in [2.05, 4.69) is 20.3 Å². The lowest BCUT2D eigenvalue weighted by atomic mass is 9.92. The van der Waals surface area contributed by atoms with E-state index >= 15 is 0 Å².